The molecule has 0 radical (unpaired) electrons. The molecule has 0 aliphatic carbocycles. The van der Waals surface area contributed by atoms with Crippen molar-refractivity contribution in [1.29, 1.82) is 0 Å². The number of carbonyl (C=O) groups excluding carboxylic acids is 2. The molecule has 0 bridgehead atoms. The third-order valence-corrected chi connectivity index (χ3v) is 3.84. The average molecular weight is 359 g/mol. The Labute approximate surface area is 151 Å². The number of ether oxygens (including phenoxy) is 1. The van der Waals surface area contributed by atoms with E-state index >= 15 is 0 Å². The fourth-order valence-electron chi connectivity index (χ4n) is 2.54. The zero-order valence-corrected chi connectivity index (χ0v) is 15.0. The van der Waals surface area contributed by atoms with Crippen molar-refractivity contribution in [2.45, 2.75) is 26.9 Å². The fourth-order valence-corrected chi connectivity index (χ4v) is 2.54. The smallest absolute Gasteiger partial charge is 0.410 e. The molecule has 0 aromatic heterocycles. The van der Waals surface area contributed by atoms with Gasteiger partial charge in [0.05, 0.1) is 18.8 Å². The standard InChI is InChI=1S/C17H16FN3O3.C2H6/c1-20-16(22)10-5-6-11-8-21(17(23)24-14(11)7-10)9-12-3-2-4-13(19)15(12)18;1-2/h2-7H,8-9,19H2,1H3,(H,20,22);1-2H3. The number of amides is 2. The molecule has 2 aromatic rings. The summed E-state index contributed by atoms with van der Waals surface area (Å²) in [6.45, 7) is 4.31. The predicted molar refractivity (Wildman–Crippen MR) is 97.3 cm³/mol. The first kappa shape index (κ1) is 19.2. The lowest BCUT2D eigenvalue weighted by molar-refractivity contribution is 0.0961. The summed E-state index contributed by atoms with van der Waals surface area (Å²) in [7, 11) is 1.52. The number of fused-ring (bicyclic) bond motifs is 1. The summed E-state index contributed by atoms with van der Waals surface area (Å²) in [5.41, 5.74) is 7.04. The van der Waals surface area contributed by atoms with Crippen molar-refractivity contribution in [3.63, 3.8) is 0 Å². The Morgan fingerprint density at radius 3 is 2.73 bits per heavy atom. The first-order valence-electron chi connectivity index (χ1n) is 8.34. The van der Waals surface area contributed by atoms with Gasteiger partial charge in [-0.05, 0) is 18.2 Å². The lowest BCUT2D eigenvalue weighted by Gasteiger charge is -2.28. The highest BCUT2D eigenvalue weighted by Gasteiger charge is 2.26. The van der Waals surface area contributed by atoms with Crippen LogP contribution in [-0.4, -0.2) is 23.9 Å². The maximum absolute atomic E-state index is 14.0. The van der Waals surface area contributed by atoms with Crippen LogP contribution in [0.2, 0.25) is 0 Å². The molecule has 3 rings (SSSR count). The molecule has 26 heavy (non-hydrogen) atoms. The van der Waals surface area contributed by atoms with Crippen LogP contribution in [0.4, 0.5) is 14.9 Å². The lowest BCUT2D eigenvalue weighted by atomic mass is 10.1. The predicted octanol–water partition coefficient (Wildman–Crippen LogP) is 3.31. The quantitative estimate of drug-likeness (QED) is 0.824. The Kier molecular flexibility index (Phi) is 6.16. The normalized spacial score (nSPS) is 12.5. The van der Waals surface area contributed by atoms with E-state index in [1.54, 1.807) is 24.3 Å². The van der Waals surface area contributed by atoms with Crippen LogP contribution in [0.1, 0.15) is 35.3 Å². The highest BCUT2D eigenvalue weighted by molar-refractivity contribution is 5.94. The molecule has 7 heteroatoms. The van der Waals surface area contributed by atoms with Crippen molar-refractivity contribution in [3.05, 3.63) is 58.9 Å². The SMILES string of the molecule is CC.CNC(=O)c1ccc2c(c1)OC(=O)N(Cc1cccc(N)c1F)C2. The van der Waals surface area contributed by atoms with Gasteiger partial charge >= 0.3 is 6.09 Å². The average Bonchev–Trinajstić information content (AvgIpc) is 2.66. The van der Waals surface area contributed by atoms with Gasteiger partial charge in [-0.25, -0.2) is 9.18 Å². The molecule has 3 N–H and O–H groups in total. The number of hydrogen-bond donors (Lipinski definition) is 2. The van der Waals surface area contributed by atoms with Crippen LogP contribution in [0.5, 0.6) is 5.75 Å². The van der Waals surface area contributed by atoms with Crippen LogP contribution in [0, 0.1) is 5.82 Å². The van der Waals surface area contributed by atoms with Gasteiger partial charge in [0.1, 0.15) is 5.75 Å². The van der Waals surface area contributed by atoms with E-state index in [2.05, 4.69) is 5.32 Å². The number of halogens is 1. The number of rotatable bonds is 3. The van der Waals surface area contributed by atoms with Gasteiger partial charge in [0.15, 0.2) is 5.82 Å². The molecular weight excluding hydrogens is 337 g/mol. The summed E-state index contributed by atoms with van der Waals surface area (Å²) >= 11 is 0. The van der Waals surface area contributed by atoms with Gasteiger partial charge in [0, 0.05) is 23.7 Å². The van der Waals surface area contributed by atoms with Crippen LogP contribution < -0.4 is 15.8 Å². The van der Waals surface area contributed by atoms with Crippen molar-refractivity contribution < 1.29 is 18.7 Å². The van der Waals surface area contributed by atoms with Gasteiger partial charge in [0.25, 0.3) is 5.91 Å². The van der Waals surface area contributed by atoms with E-state index in [-0.39, 0.29) is 24.7 Å². The molecule has 0 saturated carbocycles. The summed E-state index contributed by atoms with van der Waals surface area (Å²) in [6, 6.07) is 9.55. The molecule has 1 aliphatic heterocycles. The lowest BCUT2D eigenvalue weighted by Crippen LogP contribution is -2.36. The minimum Gasteiger partial charge on any atom is -0.410 e. The van der Waals surface area contributed by atoms with Crippen molar-refractivity contribution in [3.8, 4) is 5.75 Å². The topological polar surface area (TPSA) is 84.7 Å². The zero-order chi connectivity index (χ0) is 19.3. The molecular formula is C19H22FN3O3. The molecule has 0 spiro atoms. The minimum atomic E-state index is -0.599. The highest BCUT2D eigenvalue weighted by Crippen LogP contribution is 2.29. The number of anilines is 1. The van der Waals surface area contributed by atoms with Gasteiger partial charge < -0.3 is 15.8 Å². The fraction of sp³-hybridized carbons (Fsp3) is 0.263. The summed E-state index contributed by atoms with van der Waals surface area (Å²) in [6.07, 6.45) is -0.599. The number of nitrogen functional groups attached to an aromatic ring is 1. The molecule has 1 heterocycles. The van der Waals surface area contributed by atoms with Crippen molar-refractivity contribution in [2.75, 3.05) is 12.8 Å². The van der Waals surface area contributed by atoms with Crippen LogP contribution >= 0.6 is 0 Å². The summed E-state index contributed by atoms with van der Waals surface area (Å²) in [4.78, 5) is 25.2. The number of nitrogens with zero attached hydrogens (tertiary/aromatic N) is 1. The molecule has 0 saturated heterocycles. The summed E-state index contributed by atoms with van der Waals surface area (Å²) in [5.74, 6) is -0.463. The van der Waals surface area contributed by atoms with E-state index in [0.717, 1.165) is 5.56 Å². The monoisotopic (exact) mass is 359 g/mol. The summed E-state index contributed by atoms with van der Waals surface area (Å²) < 4.78 is 19.3. The number of benzene rings is 2. The number of hydrogen-bond acceptors (Lipinski definition) is 4. The van der Waals surface area contributed by atoms with E-state index in [9.17, 15) is 14.0 Å². The highest BCUT2D eigenvalue weighted by atomic mass is 19.1. The third kappa shape index (κ3) is 3.93. The zero-order valence-electron chi connectivity index (χ0n) is 15.0. The van der Waals surface area contributed by atoms with E-state index < -0.39 is 11.9 Å². The van der Waals surface area contributed by atoms with Crippen LogP contribution in [-0.2, 0) is 13.1 Å². The van der Waals surface area contributed by atoms with E-state index in [0.29, 0.717) is 16.9 Å². The first-order chi connectivity index (χ1) is 12.5. The van der Waals surface area contributed by atoms with Gasteiger partial charge in [0.2, 0.25) is 0 Å². The van der Waals surface area contributed by atoms with E-state index in [1.807, 2.05) is 13.8 Å². The van der Waals surface area contributed by atoms with Crippen LogP contribution in [0.15, 0.2) is 36.4 Å². The van der Waals surface area contributed by atoms with Crippen LogP contribution in [0.25, 0.3) is 0 Å². The maximum atomic E-state index is 14.0. The van der Waals surface area contributed by atoms with Crippen molar-refractivity contribution in [1.82, 2.24) is 10.2 Å². The van der Waals surface area contributed by atoms with E-state index in [1.165, 1.54) is 24.1 Å². The second kappa shape index (κ2) is 8.33. The third-order valence-electron chi connectivity index (χ3n) is 3.84. The molecule has 6 nitrogen and oxygen atoms in total. The Hall–Kier alpha value is -3.09. The Morgan fingerprint density at radius 2 is 2.04 bits per heavy atom. The van der Waals surface area contributed by atoms with Crippen LogP contribution in [0.3, 0.4) is 0 Å². The first-order valence-corrected chi connectivity index (χ1v) is 8.34. The van der Waals surface area contributed by atoms with Gasteiger partial charge in [-0.3, -0.25) is 9.69 Å². The van der Waals surface area contributed by atoms with Gasteiger partial charge in [-0.1, -0.05) is 32.0 Å². The van der Waals surface area contributed by atoms with Gasteiger partial charge in [-0.15, -0.1) is 0 Å². The van der Waals surface area contributed by atoms with Crippen molar-refractivity contribution in [2.24, 2.45) is 0 Å². The maximum Gasteiger partial charge on any atom is 0.415 e. The molecule has 1 aliphatic rings. The largest absolute Gasteiger partial charge is 0.415 e. The molecule has 138 valence electrons. The Morgan fingerprint density at radius 1 is 1.31 bits per heavy atom. The van der Waals surface area contributed by atoms with Crippen molar-refractivity contribution >= 4 is 17.7 Å². The Balaban J connectivity index is 0.00000117. The number of nitrogens with one attached hydrogen (secondary N) is 1. The molecule has 2 amide bonds. The van der Waals surface area contributed by atoms with Gasteiger partial charge in [-0.2, -0.15) is 0 Å². The number of carbonyl (C=O) groups is 2. The number of nitrogens with two attached hydrogens (primary N) is 1. The molecule has 0 atom stereocenters. The molecule has 0 fully saturated rings. The minimum absolute atomic E-state index is 0.0356. The Bertz CT molecular complexity index is 824. The molecule has 0 unspecified atom stereocenters. The molecule has 2 aromatic carbocycles. The second-order valence-corrected chi connectivity index (χ2v) is 5.45. The second-order valence-electron chi connectivity index (χ2n) is 5.45. The van der Waals surface area contributed by atoms with E-state index in [4.69, 9.17) is 10.5 Å². The summed E-state index contributed by atoms with van der Waals surface area (Å²) in [5, 5.41) is 2.51.